The van der Waals surface area contributed by atoms with Gasteiger partial charge in [-0.3, -0.25) is 4.90 Å². The molecule has 1 saturated heterocycles. The second kappa shape index (κ2) is 6.87. The summed E-state index contributed by atoms with van der Waals surface area (Å²) in [4.78, 5) is 7.15. The lowest BCUT2D eigenvalue weighted by Gasteiger charge is -2.38. The number of anilines is 1. The molecular weight excluding hydrogens is 238 g/mol. The maximum atomic E-state index is 5.74. The van der Waals surface area contributed by atoms with E-state index < -0.39 is 0 Å². The first kappa shape index (κ1) is 14.3. The number of nitrogens with zero attached hydrogens (tertiary/aromatic N) is 2. The predicted molar refractivity (Wildman–Crippen MR) is 78.3 cm³/mol. The van der Waals surface area contributed by atoms with Gasteiger partial charge in [-0.15, -0.1) is 0 Å². The van der Waals surface area contributed by atoms with Crippen LogP contribution in [-0.4, -0.2) is 41.7 Å². The Morgan fingerprint density at radius 3 is 3.00 bits per heavy atom. The number of ether oxygens (including phenoxy) is 1. The second-order valence-electron chi connectivity index (χ2n) is 5.18. The highest BCUT2D eigenvalue weighted by atomic mass is 16.5. The monoisotopic (exact) mass is 263 g/mol. The minimum Gasteiger partial charge on any atom is -0.376 e. The molecule has 2 rings (SSSR count). The number of morpholine rings is 1. The van der Waals surface area contributed by atoms with Gasteiger partial charge in [0.1, 0.15) is 5.82 Å². The highest BCUT2D eigenvalue weighted by Crippen LogP contribution is 2.17. The topological polar surface area (TPSA) is 37.4 Å². The van der Waals surface area contributed by atoms with Crippen molar-refractivity contribution < 1.29 is 4.74 Å². The molecule has 1 fully saturated rings. The minimum atomic E-state index is 0.319. The fourth-order valence-corrected chi connectivity index (χ4v) is 2.54. The molecule has 0 spiro atoms. The van der Waals surface area contributed by atoms with E-state index in [4.69, 9.17) is 4.74 Å². The molecule has 19 heavy (non-hydrogen) atoms. The van der Waals surface area contributed by atoms with Crippen LogP contribution in [0.1, 0.15) is 32.9 Å². The molecule has 4 nitrogen and oxygen atoms in total. The zero-order valence-electron chi connectivity index (χ0n) is 12.2. The molecule has 0 aliphatic carbocycles. The van der Waals surface area contributed by atoms with Gasteiger partial charge in [0.15, 0.2) is 0 Å². The van der Waals surface area contributed by atoms with Gasteiger partial charge in [0.25, 0.3) is 0 Å². The maximum Gasteiger partial charge on any atom is 0.126 e. The van der Waals surface area contributed by atoms with Crippen LogP contribution < -0.4 is 5.32 Å². The fourth-order valence-electron chi connectivity index (χ4n) is 2.54. The molecular formula is C15H25N3O. The summed E-state index contributed by atoms with van der Waals surface area (Å²) in [6.45, 7) is 10.1. The van der Waals surface area contributed by atoms with Gasteiger partial charge in [0.2, 0.25) is 0 Å². The van der Waals surface area contributed by atoms with E-state index >= 15 is 0 Å². The van der Waals surface area contributed by atoms with Gasteiger partial charge in [-0.1, -0.05) is 13.0 Å². The van der Waals surface area contributed by atoms with Crippen LogP contribution in [0.15, 0.2) is 18.2 Å². The molecule has 1 aliphatic heterocycles. The van der Waals surface area contributed by atoms with Crippen molar-refractivity contribution in [1.29, 1.82) is 0 Å². The van der Waals surface area contributed by atoms with E-state index in [2.05, 4.69) is 48.1 Å². The predicted octanol–water partition coefficient (Wildman–Crippen LogP) is 2.51. The highest BCUT2D eigenvalue weighted by molar-refractivity contribution is 5.35. The van der Waals surface area contributed by atoms with Gasteiger partial charge in [0.05, 0.1) is 18.4 Å². The summed E-state index contributed by atoms with van der Waals surface area (Å²) in [5.74, 6) is 0.967. The van der Waals surface area contributed by atoms with Crippen LogP contribution >= 0.6 is 0 Å². The molecule has 0 aromatic carbocycles. The van der Waals surface area contributed by atoms with E-state index in [0.717, 1.165) is 44.2 Å². The van der Waals surface area contributed by atoms with Crippen LogP contribution in [0.25, 0.3) is 0 Å². The van der Waals surface area contributed by atoms with E-state index in [1.165, 1.54) is 0 Å². The Morgan fingerprint density at radius 1 is 1.42 bits per heavy atom. The van der Waals surface area contributed by atoms with E-state index in [-0.39, 0.29) is 0 Å². The van der Waals surface area contributed by atoms with Gasteiger partial charge in [-0.2, -0.15) is 0 Å². The lowest BCUT2D eigenvalue weighted by molar-refractivity contribution is -0.0595. The quantitative estimate of drug-likeness (QED) is 0.885. The zero-order chi connectivity index (χ0) is 13.7. The third-order valence-electron chi connectivity index (χ3n) is 3.58. The Labute approximate surface area is 116 Å². The van der Waals surface area contributed by atoms with Crippen molar-refractivity contribution in [1.82, 2.24) is 9.88 Å². The summed E-state index contributed by atoms with van der Waals surface area (Å²) in [7, 11) is 0. The lowest BCUT2D eigenvalue weighted by Crippen LogP contribution is -2.48. The van der Waals surface area contributed by atoms with Crippen LogP contribution in [0.4, 0.5) is 5.82 Å². The van der Waals surface area contributed by atoms with Crippen LogP contribution in [0.2, 0.25) is 0 Å². The van der Waals surface area contributed by atoms with E-state index in [1.54, 1.807) is 0 Å². The molecule has 0 radical (unpaired) electrons. The average molecular weight is 263 g/mol. The van der Waals surface area contributed by atoms with Gasteiger partial charge < -0.3 is 10.1 Å². The van der Waals surface area contributed by atoms with Crippen LogP contribution in [0, 0.1) is 0 Å². The molecule has 0 bridgehead atoms. The molecule has 1 aromatic rings. The Kier molecular flexibility index (Phi) is 5.16. The van der Waals surface area contributed by atoms with Crippen molar-refractivity contribution in [2.45, 2.75) is 45.9 Å². The zero-order valence-corrected chi connectivity index (χ0v) is 12.2. The van der Waals surface area contributed by atoms with Gasteiger partial charge in [-0.25, -0.2) is 4.98 Å². The van der Waals surface area contributed by atoms with Gasteiger partial charge >= 0.3 is 0 Å². The third kappa shape index (κ3) is 3.91. The standard InChI is InChI=1S/C15H25N3O/c1-4-14-11-19-12(3)9-18(14)10-13-7-6-8-15(17-13)16-5-2/h6-8,12,14H,4-5,9-11H2,1-3H3,(H,16,17). The maximum absolute atomic E-state index is 5.74. The van der Waals surface area contributed by atoms with Crippen molar-refractivity contribution in [3.05, 3.63) is 23.9 Å². The molecule has 106 valence electrons. The summed E-state index contributed by atoms with van der Waals surface area (Å²) < 4.78 is 5.74. The largest absolute Gasteiger partial charge is 0.376 e. The van der Waals surface area contributed by atoms with E-state index in [9.17, 15) is 0 Å². The van der Waals surface area contributed by atoms with Crippen LogP contribution in [-0.2, 0) is 11.3 Å². The molecule has 0 amide bonds. The number of aromatic nitrogens is 1. The molecule has 1 N–H and O–H groups in total. The van der Waals surface area contributed by atoms with Crippen molar-refractivity contribution in [3.63, 3.8) is 0 Å². The first-order valence-electron chi connectivity index (χ1n) is 7.28. The van der Waals surface area contributed by atoms with Gasteiger partial charge in [0, 0.05) is 25.7 Å². The van der Waals surface area contributed by atoms with E-state index in [0.29, 0.717) is 12.1 Å². The van der Waals surface area contributed by atoms with Crippen molar-refractivity contribution >= 4 is 5.82 Å². The Bertz CT molecular complexity index is 397. The molecule has 1 aliphatic rings. The molecule has 1 aromatic heterocycles. The van der Waals surface area contributed by atoms with Crippen molar-refractivity contribution in [2.75, 3.05) is 25.0 Å². The Morgan fingerprint density at radius 2 is 2.26 bits per heavy atom. The second-order valence-corrected chi connectivity index (χ2v) is 5.18. The van der Waals surface area contributed by atoms with E-state index in [1.807, 2.05) is 6.07 Å². The molecule has 4 heteroatoms. The molecule has 2 unspecified atom stereocenters. The number of nitrogens with one attached hydrogen (secondary N) is 1. The number of hydrogen-bond donors (Lipinski definition) is 1. The van der Waals surface area contributed by atoms with Crippen LogP contribution in [0.3, 0.4) is 0 Å². The van der Waals surface area contributed by atoms with Crippen molar-refractivity contribution in [3.8, 4) is 0 Å². The highest BCUT2D eigenvalue weighted by Gasteiger charge is 2.25. The lowest BCUT2D eigenvalue weighted by atomic mass is 10.1. The molecule has 0 saturated carbocycles. The first-order valence-corrected chi connectivity index (χ1v) is 7.28. The summed E-state index contributed by atoms with van der Waals surface area (Å²) in [6.07, 6.45) is 1.44. The fraction of sp³-hybridized carbons (Fsp3) is 0.667. The summed E-state index contributed by atoms with van der Waals surface area (Å²) in [5.41, 5.74) is 1.13. The third-order valence-corrected chi connectivity index (χ3v) is 3.58. The SMILES string of the molecule is CCNc1cccc(CN2CC(C)OCC2CC)n1. The number of hydrogen-bond acceptors (Lipinski definition) is 4. The summed E-state index contributed by atoms with van der Waals surface area (Å²) >= 11 is 0. The molecule has 2 heterocycles. The Balaban J connectivity index is 2.03. The van der Waals surface area contributed by atoms with Crippen molar-refractivity contribution in [2.24, 2.45) is 0 Å². The Hall–Kier alpha value is -1.13. The average Bonchev–Trinajstić information content (AvgIpc) is 2.40. The summed E-state index contributed by atoms with van der Waals surface area (Å²) in [6, 6.07) is 6.71. The number of rotatable bonds is 5. The minimum absolute atomic E-state index is 0.319. The summed E-state index contributed by atoms with van der Waals surface area (Å²) in [5, 5.41) is 3.26. The molecule has 2 atom stereocenters. The first-order chi connectivity index (χ1) is 9.22. The smallest absolute Gasteiger partial charge is 0.126 e. The van der Waals surface area contributed by atoms with Gasteiger partial charge in [-0.05, 0) is 32.4 Å². The van der Waals surface area contributed by atoms with Crippen LogP contribution in [0.5, 0.6) is 0 Å². The normalized spacial score (nSPS) is 24.4. The number of pyridine rings is 1.